The number of pyridine rings is 1. The molecule has 8 nitrogen and oxygen atoms in total. The summed E-state index contributed by atoms with van der Waals surface area (Å²) in [5, 5.41) is 7.27. The monoisotopic (exact) mass is 370 g/mol. The number of fused-ring (bicyclic) bond motifs is 1. The number of hydrogen-bond donors (Lipinski definition) is 1. The Kier molecular flexibility index (Phi) is 5.44. The van der Waals surface area contributed by atoms with E-state index in [1.807, 2.05) is 6.07 Å². The zero-order valence-electron chi connectivity index (χ0n) is 15.8. The second kappa shape index (κ2) is 7.94. The number of nitrogens with one attached hydrogen (secondary N) is 1. The number of benzene rings is 1. The molecule has 3 aromatic rings. The van der Waals surface area contributed by atoms with Crippen LogP contribution in [0, 0.1) is 0 Å². The van der Waals surface area contributed by atoms with Gasteiger partial charge in [-0.05, 0) is 30.7 Å². The van der Waals surface area contributed by atoms with E-state index in [9.17, 15) is 4.79 Å². The molecule has 3 rings (SSSR count). The van der Waals surface area contributed by atoms with E-state index in [1.165, 1.54) is 21.3 Å². The van der Waals surface area contributed by atoms with E-state index in [-0.39, 0.29) is 5.91 Å². The average molecular weight is 370 g/mol. The van der Waals surface area contributed by atoms with Crippen LogP contribution >= 0.6 is 0 Å². The Hall–Kier alpha value is -3.29. The molecular weight excluding hydrogens is 348 g/mol. The maximum Gasteiger partial charge on any atom is 0.255 e. The Morgan fingerprint density at radius 3 is 2.41 bits per heavy atom. The van der Waals surface area contributed by atoms with Gasteiger partial charge in [-0.2, -0.15) is 5.10 Å². The van der Waals surface area contributed by atoms with Gasteiger partial charge in [-0.1, -0.05) is 6.92 Å². The summed E-state index contributed by atoms with van der Waals surface area (Å²) in [6.07, 6.45) is 3.52. The summed E-state index contributed by atoms with van der Waals surface area (Å²) in [6.45, 7) is 2.08. The summed E-state index contributed by atoms with van der Waals surface area (Å²) in [4.78, 5) is 17.1. The van der Waals surface area contributed by atoms with E-state index in [0.717, 1.165) is 24.3 Å². The highest BCUT2D eigenvalue weighted by Crippen LogP contribution is 2.38. The predicted molar refractivity (Wildman–Crippen MR) is 101 cm³/mol. The molecule has 27 heavy (non-hydrogen) atoms. The van der Waals surface area contributed by atoms with Gasteiger partial charge in [0.15, 0.2) is 23.0 Å². The fourth-order valence-electron chi connectivity index (χ4n) is 2.75. The van der Waals surface area contributed by atoms with Crippen molar-refractivity contribution in [3.8, 4) is 17.2 Å². The molecule has 2 aromatic heterocycles. The minimum Gasteiger partial charge on any atom is -0.493 e. The Balaban J connectivity index is 1.87. The van der Waals surface area contributed by atoms with E-state index in [0.29, 0.717) is 28.5 Å². The number of amides is 1. The first-order valence-electron chi connectivity index (χ1n) is 8.56. The third-order valence-electron chi connectivity index (χ3n) is 4.03. The molecule has 0 unspecified atom stereocenters. The van der Waals surface area contributed by atoms with Crippen LogP contribution in [0.1, 0.15) is 29.5 Å². The number of carbonyl (C=O) groups excluding carboxylic acids is 1. The fourth-order valence-corrected chi connectivity index (χ4v) is 2.75. The number of aryl methyl sites for hydroxylation is 1. The Morgan fingerprint density at radius 2 is 1.81 bits per heavy atom. The molecule has 1 amide bonds. The van der Waals surface area contributed by atoms with E-state index < -0.39 is 0 Å². The molecule has 1 N–H and O–H groups in total. The highest BCUT2D eigenvalue weighted by atomic mass is 16.5. The molecule has 2 heterocycles. The molecule has 0 bridgehead atoms. The number of aromatic nitrogens is 3. The molecule has 0 aliphatic heterocycles. The third kappa shape index (κ3) is 3.79. The third-order valence-corrected chi connectivity index (χ3v) is 4.03. The summed E-state index contributed by atoms with van der Waals surface area (Å²) in [5.41, 5.74) is 1.73. The average Bonchev–Trinajstić information content (AvgIpc) is 3.08. The number of anilines is 1. The van der Waals surface area contributed by atoms with E-state index in [2.05, 4.69) is 22.3 Å². The van der Waals surface area contributed by atoms with Crippen LogP contribution in [0.3, 0.4) is 0 Å². The molecule has 142 valence electrons. The van der Waals surface area contributed by atoms with Crippen molar-refractivity contribution in [2.24, 2.45) is 0 Å². The first kappa shape index (κ1) is 18.5. The van der Waals surface area contributed by atoms with Crippen LogP contribution in [0.15, 0.2) is 30.5 Å². The van der Waals surface area contributed by atoms with E-state index >= 15 is 0 Å². The van der Waals surface area contributed by atoms with Crippen molar-refractivity contribution >= 4 is 17.2 Å². The Morgan fingerprint density at radius 1 is 1.11 bits per heavy atom. The van der Waals surface area contributed by atoms with Crippen molar-refractivity contribution in [3.05, 3.63) is 41.9 Å². The lowest BCUT2D eigenvalue weighted by molar-refractivity contribution is 0.102. The topological polar surface area (TPSA) is 87.0 Å². The molecule has 0 aliphatic carbocycles. The zero-order valence-corrected chi connectivity index (χ0v) is 15.8. The smallest absolute Gasteiger partial charge is 0.255 e. The number of nitrogens with zero attached hydrogens (tertiary/aromatic N) is 3. The number of rotatable bonds is 7. The van der Waals surface area contributed by atoms with Gasteiger partial charge in [0.05, 0.1) is 33.2 Å². The summed E-state index contributed by atoms with van der Waals surface area (Å²) in [7, 11) is 4.53. The molecule has 0 saturated carbocycles. The molecule has 0 fully saturated rings. The lowest BCUT2D eigenvalue weighted by Gasteiger charge is -2.14. The zero-order chi connectivity index (χ0) is 19.4. The molecule has 0 aliphatic rings. The van der Waals surface area contributed by atoms with Gasteiger partial charge in [0.25, 0.3) is 5.91 Å². The van der Waals surface area contributed by atoms with Crippen LogP contribution in [0.5, 0.6) is 17.2 Å². The first-order valence-corrected chi connectivity index (χ1v) is 8.56. The van der Waals surface area contributed by atoms with Crippen molar-refractivity contribution in [3.63, 3.8) is 0 Å². The first-order chi connectivity index (χ1) is 13.1. The van der Waals surface area contributed by atoms with Gasteiger partial charge in [-0.25, -0.2) is 9.50 Å². The second-order valence-corrected chi connectivity index (χ2v) is 5.87. The molecule has 1 aromatic carbocycles. The predicted octanol–water partition coefficient (Wildman–Crippen LogP) is 2.96. The Bertz CT molecular complexity index is 942. The number of methoxy groups -OCH3 is 3. The Labute approximate surface area is 157 Å². The molecule has 0 atom stereocenters. The normalized spacial score (nSPS) is 10.7. The van der Waals surface area contributed by atoms with Gasteiger partial charge in [-0.15, -0.1) is 0 Å². The second-order valence-electron chi connectivity index (χ2n) is 5.87. The van der Waals surface area contributed by atoms with Gasteiger partial charge in [-0.3, -0.25) is 4.79 Å². The van der Waals surface area contributed by atoms with Crippen molar-refractivity contribution in [2.45, 2.75) is 19.8 Å². The van der Waals surface area contributed by atoms with Crippen LogP contribution in [-0.2, 0) is 6.42 Å². The van der Waals surface area contributed by atoms with Crippen molar-refractivity contribution in [1.82, 2.24) is 14.6 Å². The quantitative estimate of drug-likeness (QED) is 0.688. The highest BCUT2D eigenvalue weighted by Gasteiger charge is 2.17. The summed E-state index contributed by atoms with van der Waals surface area (Å²) in [5.74, 6) is 1.74. The number of ether oxygens (including phenoxy) is 3. The van der Waals surface area contributed by atoms with Gasteiger partial charge in [0, 0.05) is 12.0 Å². The summed E-state index contributed by atoms with van der Waals surface area (Å²) >= 11 is 0. The highest BCUT2D eigenvalue weighted by molar-refractivity contribution is 6.05. The van der Waals surface area contributed by atoms with Crippen LogP contribution in [-0.4, -0.2) is 41.8 Å². The van der Waals surface area contributed by atoms with Crippen molar-refractivity contribution in [2.75, 3.05) is 26.6 Å². The van der Waals surface area contributed by atoms with Gasteiger partial charge in [0.2, 0.25) is 5.75 Å². The minimum absolute atomic E-state index is 0.303. The van der Waals surface area contributed by atoms with Gasteiger partial charge < -0.3 is 19.5 Å². The maximum atomic E-state index is 12.7. The maximum absolute atomic E-state index is 12.7. The van der Waals surface area contributed by atoms with Gasteiger partial charge in [0.1, 0.15) is 0 Å². The molecule has 8 heteroatoms. The molecule has 0 radical (unpaired) electrons. The lowest BCUT2D eigenvalue weighted by Crippen LogP contribution is -2.13. The van der Waals surface area contributed by atoms with E-state index in [1.54, 1.807) is 28.9 Å². The lowest BCUT2D eigenvalue weighted by atomic mass is 10.1. The molecule has 0 spiro atoms. The standard InChI is InChI=1S/C19H22N4O4/c1-5-6-16-21-17-8-7-13(11-23(17)22-16)20-19(24)12-9-14(25-2)18(27-4)15(10-12)26-3/h7-11H,5-6H2,1-4H3,(H,20,24). The van der Waals surface area contributed by atoms with Crippen molar-refractivity contribution in [1.29, 1.82) is 0 Å². The van der Waals surface area contributed by atoms with Crippen LogP contribution in [0.25, 0.3) is 5.65 Å². The van der Waals surface area contributed by atoms with Crippen LogP contribution < -0.4 is 19.5 Å². The number of carbonyl (C=O) groups is 1. The van der Waals surface area contributed by atoms with Crippen LogP contribution in [0.2, 0.25) is 0 Å². The minimum atomic E-state index is -0.303. The largest absolute Gasteiger partial charge is 0.493 e. The van der Waals surface area contributed by atoms with Crippen LogP contribution in [0.4, 0.5) is 5.69 Å². The number of hydrogen-bond acceptors (Lipinski definition) is 6. The summed E-state index contributed by atoms with van der Waals surface area (Å²) < 4.78 is 17.5. The SMILES string of the molecule is CCCc1nc2ccc(NC(=O)c3cc(OC)c(OC)c(OC)c3)cn2n1. The summed E-state index contributed by atoms with van der Waals surface area (Å²) in [6, 6.07) is 6.81. The fraction of sp³-hybridized carbons (Fsp3) is 0.316. The molecule has 0 saturated heterocycles. The van der Waals surface area contributed by atoms with E-state index in [4.69, 9.17) is 14.2 Å². The van der Waals surface area contributed by atoms with Crippen molar-refractivity contribution < 1.29 is 19.0 Å². The van der Waals surface area contributed by atoms with Gasteiger partial charge >= 0.3 is 0 Å². The molecular formula is C19H22N4O4.